The molecule has 1 heterocycles. The van der Waals surface area contributed by atoms with Crippen molar-refractivity contribution >= 4 is 0 Å². The topological polar surface area (TPSA) is 55.7 Å². The zero-order valence-corrected chi connectivity index (χ0v) is 12.0. The summed E-state index contributed by atoms with van der Waals surface area (Å²) in [7, 11) is 0. The number of aliphatic hydroxyl groups excluding tert-OH is 2. The molecule has 1 saturated heterocycles. The van der Waals surface area contributed by atoms with Crippen molar-refractivity contribution in [2.45, 2.75) is 25.5 Å². The molecule has 0 spiro atoms. The fourth-order valence-electron chi connectivity index (χ4n) is 2.78. The van der Waals surface area contributed by atoms with E-state index in [4.69, 9.17) is 5.11 Å². The number of hydrogen-bond acceptors (Lipinski definition) is 4. The summed E-state index contributed by atoms with van der Waals surface area (Å²) < 4.78 is 0. The zero-order valence-electron chi connectivity index (χ0n) is 12.0. The van der Waals surface area contributed by atoms with Crippen LogP contribution in [0, 0.1) is 5.92 Å². The number of likely N-dealkylation sites (tertiary alicyclic amines) is 1. The van der Waals surface area contributed by atoms with Crippen LogP contribution in [0.25, 0.3) is 0 Å². The normalized spacial score (nSPS) is 23.9. The predicted molar refractivity (Wildman–Crippen MR) is 80.4 cm³/mol. The number of rotatable bonds is 7. The SMILES string of the molecule is OCCCN1CCC(CNCc2ccccc2)C(O)C1. The molecular weight excluding hydrogens is 252 g/mol. The first-order valence-corrected chi connectivity index (χ1v) is 7.55. The monoisotopic (exact) mass is 278 g/mol. The summed E-state index contributed by atoms with van der Waals surface area (Å²) in [5.74, 6) is 0.337. The van der Waals surface area contributed by atoms with Crippen molar-refractivity contribution in [2.75, 3.05) is 32.8 Å². The molecule has 0 aliphatic carbocycles. The highest BCUT2D eigenvalue weighted by molar-refractivity contribution is 5.14. The lowest BCUT2D eigenvalue weighted by Crippen LogP contribution is -2.47. The van der Waals surface area contributed by atoms with Gasteiger partial charge >= 0.3 is 0 Å². The van der Waals surface area contributed by atoms with E-state index < -0.39 is 0 Å². The van der Waals surface area contributed by atoms with E-state index in [-0.39, 0.29) is 12.7 Å². The second-order valence-corrected chi connectivity index (χ2v) is 5.61. The maximum absolute atomic E-state index is 10.2. The van der Waals surface area contributed by atoms with Crippen molar-refractivity contribution < 1.29 is 10.2 Å². The van der Waals surface area contributed by atoms with Crippen molar-refractivity contribution in [3.8, 4) is 0 Å². The number of benzene rings is 1. The summed E-state index contributed by atoms with van der Waals surface area (Å²) in [6.07, 6.45) is 1.56. The van der Waals surface area contributed by atoms with Gasteiger partial charge in [-0.2, -0.15) is 0 Å². The van der Waals surface area contributed by atoms with Crippen LogP contribution in [0.5, 0.6) is 0 Å². The summed E-state index contributed by atoms with van der Waals surface area (Å²) in [6.45, 7) is 4.60. The van der Waals surface area contributed by atoms with E-state index in [1.807, 2.05) is 18.2 Å². The van der Waals surface area contributed by atoms with Crippen LogP contribution < -0.4 is 5.32 Å². The van der Waals surface area contributed by atoms with Gasteiger partial charge in [-0.1, -0.05) is 30.3 Å². The minimum atomic E-state index is -0.259. The van der Waals surface area contributed by atoms with Crippen LogP contribution in [0.1, 0.15) is 18.4 Å². The lowest BCUT2D eigenvalue weighted by atomic mass is 9.93. The summed E-state index contributed by atoms with van der Waals surface area (Å²) in [5.41, 5.74) is 1.28. The highest BCUT2D eigenvalue weighted by Crippen LogP contribution is 2.17. The van der Waals surface area contributed by atoms with Crippen LogP contribution in [-0.4, -0.2) is 54.0 Å². The lowest BCUT2D eigenvalue weighted by Gasteiger charge is -2.36. The Morgan fingerprint density at radius 3 is 2.75 bits per heavy atom. The van der Waals surface area contributed by atoms with Gasteiger partial charge in [0.05, 0.1) is 6.10 Å². The third-order valence-corrected chi connectivity index (χ3v) is 4.02. The molecule has 3 N–H and O–H groups in total. The number of aliphatic hydroxyl groups is 2. The van der Waals surface area contributed by atoms with Gasteiger partial charge in [0, 0.05) is 32.8 Å². The second kappa shape index (κ2) is 8.37. The summed E-state index contributed by atoms with van der Waals surface area (Å²) in [5, 5.41) is 22.5. The Labute approximate surface area is 121 Å². The van der Waals surface area contributed by atoms with Gasteiger partial charge in [-0.05, 0) is 30.9 Å². The molecule has 0 radical (unpaired) electrons. The number of piperidine rings is 1. The molecule has 2 unspecified atom stereocenters. The highest BCUT2D eigenvalue weighted by Gasteiger charge is 2.26. The predicted octanol–water partition coefficient (Wildman–Crippen LogP) is 0.841. The molecule has 0 saturated carbocycles. The van der Waals surface area contributed by atoms with Crippen LogP contribution in [0.15, 0.2) is 30.3 Å². The Bertz CT molecular complexity index is 372. The largest absolute Gasteiger partial charge is 0.396 e. The molecule has 1 fully saturated rings. The Morgan fingerprint density at radius 2 is 2.05 bits per heavy atom. The molecule has 1 aliphatic heterocycles. The molecule has 20 heavy (non-hydrogen) atoms. The quantitative estimate of drug-likeness (QED) is 0.692. The summed E-state index contributed by atoms with van der Waals surface area (Å²) in [4.78, 5) is 2.24. The first-order chi connectivity index (χ1) is 9.79. The third kappa shape index (κ3) is 4.87. The molecule has 4 nitrogen and oxygen atoms in total. The molecule has 1 aromatic carbocycles. The average Bonchev–Trinajstić information content (AvgIpc) is 2.48. The van der Waals surface area contributed by atoms with E-state index >= 15 is 0 Å². The van der Waals surface area contributed by atoms with Crippen LogP contribution >= 0.6 is 0 Å². The molecule has 1 aromatic rings. The Balaban J connectivity index is 1.67. The maximum atomic E-state index is 10.2. The van der Waals surface area contributed by atoms with Gasteiger partial charge in [0.25, 0.3) is 0 Å². The van der Waals surface area contributed by atoms with Gasteiger partial charge in [0.15, 0.2) is 0 Å². The molecule has 2 rings (SSSR count). The number of nitrogens with zero attached hydrogens (tertiary/aromatic N) is 1. The fraction of sp³-hybridized carbons (Fsp3) is 0.625. The minimum Gasteiger partial charge on any atom is -0.396 e. The molecule has 4 heteroatoms. The van der Waals surface area contributed by atoms with E-state index in [1.54, 1.807) is 0 Å². The highest BCUT2D eigenvalue weighted by atomic mass is 16.3. The van der Waals surface area contributed by atoms with Gasteiger partial charge in [0.1, 0.15) is 0 Å². The fourth-order valence-corrected chi connectivity index (χ4v) is 2.78. The van der Waals surface area contributed by atoms with Gasteiger partial charge in [0.2, 0.25) is 0 Å². The molecule has 2 atom stereocenters. The van der Waals surface area contributed by atoms with Gasteiger partial charge in [-0.3, -0.25) is 0 Å². The van der Waals surface area contributed by atoms with E-state index in [9.17, 15) is 5.11 Å². The zero-order chi connectivity index (χ0) is 14.2. The molecule has 112 valence electrons. The second-order valence-electron chi connectivity index (χ2n) is 5.61. The third-order valence-electron chi connectivity index (χ3n) is 4.02. The standard InChI is InChI=1S/C16H26N2O2/c19-10-4-8-18-9-7-15(16(20)13-18)12-17-11-14-5-2-1-3-6-14/h1-3,5-6,15-17,19-20H,4,7-13H2. The van der Waals surface area contributed by atoms with E-state index in [1.165, 1.54) is 5.56 Å². The van der Waals surface area contributed by atoms with Crippen molar-refractivity contribution in [3.05, 3.63) is 35.9 Å². The number of β-amino-alcohol motifs (C(OH)–C–C–N with tert-alkyl or cyclic N) is 1. The van der Waals surface area contributed by atoms with Crippen molar-refractivity contribution in [1.29, 1.82) is 0 Å². The smallest absolute Gasteiger partial charge is 0.0707 e. The van der Waals surface area contributed by atoms with Crippen LogP contribution in [0.4, 0.5) is 0 Å². The summed E-state index contributed by atoms with van der Waals surface area (Å²) >= 11 is 0. The molecular formula is C16H26N2O2. The minimum absolute atomic E-state index is 0.231. The van der Waals surface area contributed by atoms with Gasteiger partial charge in [-0.15, -0.1) is 0 Å². The average molecular weight is 278 g/mol. The number of hydrogen-bond donors (Lipinski definition) is 3. The van der Waals surface area contributed by atoms with Crippen LogP contribution in [-0.2, 0) is 6.54 Å². The Morgan fingerprint density at radius 1 is 1.25 bits per heavy atom. The Kier molecular flexibility index (Phi) is 6.47. The van der Waals surface area contributed by atoms with Gasteiger partial charge < -0.3 is 20.4 Å². The lowest BCUT2D eigenvalue weighted by molar-refractivity contribution is 0.0200. The van der Waals surface area contributed by atoms with Crippen molar-refractivity contribution in [2.24, 2.45) is 5.92 Å². The molecule has 0 aromatic heterocycles. The molecule has 0 bridgehead atoms. The van der Waals surface area contributed by atoms with Crippen molar-refractivity contribution in [1.82, 2.24) is 10.2 Å². The van der Waals surface area contributed by atoms with Crippen molar-refractivity contribution in [3.63, 3.8) is 0 Å². The molecule has 0 amide bonds. The van der Waals surface area contributed by atoms with E-state index in [2.05, 4.69) is 22.3 Å². The van der Waals surface area contributed by atoms with Crippen LogP contribution in [0.3, 0.4) is 0 Å². The van der Waals surface area contributed by atoms with Gasteiger partial charge in [-0.25, -0.2) is 0 Å². The first-order valence-electron chi connectivity index (χ1n) is 7.55. The first kappa shape index (κ1) is 15.4. The summed E-state index contributed by atoms with van der Waals surface area (Å²) in [6, 6.07) is 10.3. The maximum Gasteiger partial charge on any atom is 0.0707 e. The number of nitrogens with one attached hydrogen (secondary N) is 1. The molecule has 1 aliphatic rings. The van der Waals surface area contributed by atoms with E-state index in [0.29, 0.717) is 5.92 Å². The van der Waals surface area contributed by atoms with Crippen LogP contribution in [0.2, 0.25) is 0 Å². The Hall–Kier alpha value is -0.940. The van der Waals surface area contributed by atoms with E-state index in [0.717, 1.165) is 45.6 Å².